The largest absolute Gasteiger partial charge is 0.377 e. The van der Waals surface area contributed by atoms with E-state index in [0.717, 1.165) is 12.6 Å². The maximum absolute atomic E-state index is 5.65. The van der Waals surface area contributed by atoms with Crippen molar-refractivity contribution in [1.29, 1.82) is 0 Å². The predicted molar refractivity (Wildman–Crippen MR) is 71.3 cm³/mol. The highest BCUT2D eigenvalue weighted by atomic mass is 16.5. The Morgan fingerprint density at radius 3 is 2.88 bits per heavy atom. The van der Waals surface area contributed by atoms with Gasteiger partial charge in [-0.15, -0.1) is 0 Å². The second-order valence-electron chi connectivity index (χ2n) is 6.09. The molecular weight excluding hydrogens is 212 g/mol. The molecule has 0 aromatic carbocycles. The van der Waals surface area contributed by atoms with Crippen LogP contribution in [0.3, 0.4) is 0 Å². The van der Waals surface area contributed by atoms with Crippen molar-refractivity contribution in [3.63, 3.8) is 0 Å². The minimum absolute atomic E-state index is 0.0798. The number of hydrogen-bond acceptors (Lipinski definition) is 3. The lowest BCUT2D eigenvalue weighted by molar-refractivity contribution is -0.0601. The molecule has 1 aliphatic heterocycles. The van der Waals surface area contributed by atoms with Crippen LogP contribution in [0.2, 0.25) is 0 Å². The lowest BCUT2D eigenvalue weighted by Crippen LogP contribution is -2.50. The molecule has 17 heavy (non-hydrogen) atoms. The van der Waals surface area contributed by atoms with E-state index in [-0.39, 0.29) is 5.60 Å². The first-order valence-corrected chi connectivity index (χ1v) is 7.15. The third-order valence-electron chi connectivity index (χ3n) is 4.38. The van der Waals surface area contributed by atoms with Crippen molar-refractivity contribution in [3.8, 4) is 0 Å². The second kappa shape index (κ2) is 5.68. The summed E-state index contributed by atoms with van der Waals surface area (Å²) >= 11 is 0. The highest BCUT2D eigenvalue weighted by Crippen LogP contribution is 2.26. The van der Waals surface area contributed by atoms with Gasteiger partial charge in [0, 0.05) is 25.7 Å². The van der Waals surface area contributed by atoms with Crippen LogP contribution in [0.25, 0.3) is 0 Å². The lowest BCUT2D eigenvalue weighted by Gasteiger charge is -2.42. The van der Waals surface area contributed by atoms with Crippen LogP contribution < -0.4 is 5.32 Å². The van der Waals surface area contributed by atoms with E-state index in [4.69, 9.17) is 4.74 Å². The molecule has 2 unspecified atom stereocenters. The fraction of sp³-hybridized carbons (Fsp3) is 1.00. The maximum atomic E-state index is 5.65. The molecule has 1 saturated carbocycles. The Kier molecular flexibility index (Phi) is 4.45. The van der Waals surface area contributed by atoms with Gasteiger partial charge in [-0.3, -0.25) is 4.90 Å². The number of nitrogens with one attached hydrogen (secondary N) is 1. The van der Waals surface area contributed by atoms with Crippen molar-refractivity contribution in [2.24, 2.45) is 0 Å². The molecule has 3 heteroatoms. The Morgan fingerprint density at radius 1 is 1.47 bits per heavy atom. The Hall–Kier alpha value is -0.120. The van der Waals surface area contributed by atoms with Crippen molar-refractivity contribution < 1.29 is 4.74 Å². The number of nitrogens with zero attached hydrogens (tertiary/aromatic N) is 1. The number of rotatable bonds is 6. The topological polar surface area (TPSA) is 24.5 Å². The Bertz CT molecular complexity index is 242. The first-order valence-electron chi connectivity index (χ1n) is 7.15. The van der Waals surface area contributed by atoms with Gasteiger partial charge < -0.3 is 10.1 Å². The zero-order valence-electron chi connectivity index (χ0n) is 11.7. The van der Waals surface area contributed by atoms with Crippen LogP contribution in [0.5, 0.6) is 0 Å². The van der Waals surface area contributed by atoms with Gasteiger partial charge in [-0.25, -0.2) is 0 Å². The van der Waals surface area contributed by atoms with E-state index in [1.807, 2.05) is 7.11 Å². The van der Waals surface area contributed by atoms with Crippen molar-refractivity contribution in [3.05, 3.63) is 0 Å². The number of hydrogen-bond donors (Lipinski definition) is 1. The molecule has 0 aromatic rings. The molecule has 2 fully saturated rings. The first kappa shape index (κ1) is 13.3. The number of methoxy groups -OCH3 is 1. The van der Waals surface area contributed by atoms with Crippen LogP contribution in [0.1, 0.15) is 46.0 Å². The van der Waals surface area contributed by atoms with Crippen LogP contribution in [0, 0.1) is 0 Å². The number of likely N-dealkylation sites (tertiary alicyclic amines) is 1. The molecule has 100 valence electrons. The summed E-state index contributed by atoms with van der Waals surface area (Å²) in [5, 5.41) is 3.60. The van der Waals surface area contributed by atoms with Crippen molar-refractivity contribution in [1.82, 2.24) is 10.2 Å². The smallest absolute Gasteiger partial charge is 0.0777 e. The Labute approximate surface area is 106 Å². The third-order valence-corrected chi connectivity index (χ3v) is 4.38. The standard InChI is InChI=1S/C14H28N2O/c1-12(7-9-15-13-5-6-13)16-10-4-8-14(2,11-16)17-3/h12-13,15H,4-11H2,1-3H3. The summed E-state index contributed by atoms with van der Waals surface area (Å²) in [7, 11) is 1.85. The second-order valence-corrected chi connectivity index (χ2v) is 6.09. The molecule has 1 aliphatic carbocycles. The highest BCUT2D eigenvalue weighted by molar-refractivity contribution is 4.87. The summed E-state index contributed by atoms with van der Waals surface area (Å²) in [4.78, 5) is 2.60. The van der Waals surface area contributed by atoms with Crippen molar-refractivity contribution in [2.75, 3.05) is 26.7 Å². The first-order chi connectivity index (χ1) is 8.13. The molecule has 0 radical (unpaired) electrons. The van der Waals surface area contributed by atoms with E-state index in [1.165, 1.54) is 45.2 Å². The molecule has 3 nitrogen and oxygen atoms in total. The normalized spacial score (nSPS) is 32.6. The van der Waals surface area contributed by atoms with Crippen LogP contribution in [0.15, 0.2) is 0 Å². The van der Waals surface area contributed by atoms with Crippen LogP contribution in [-0.4, -0.2) is 49.3 Å². The van der Waals surface area contributed by atoms with Gasteiger partial charge in [0.05, 0.1) is 5.60 Å². The molecule has 2 rings (SSSR count). The quantitative estimate of drug-likeness (QED) is 0.769. The van der Waals surface area contributed by atoms with E-state index >= 15 is 0 Å². The summed E-state index contributed by atoms with van der Waals surface area (Å²) in [6, 6.07) is 1.52. The zero-order valence-corrected chi connectivity index (χ0v) is 11.7. The SMILES string of the molecule is COC1(C)CCCN(C(C)CCNC2CC2)C1. The number of piperidine rings is 1. The van der Waals surface area contributed by atoms with Crippen LogP contribution in [-0.2, 0) is 4.74 Å². The maximum Gasteiger partial charge on any atom is 0.0777 e. The summed E-state index contributed by atoms with van der Waals surface area (Å²) in [5.74, 6) is 0. The third kappa shape index (κ3) is 3.94. The predicted octanol–water partition coefficient (Wildman–Crippen LogP) is 2.02. The van der Waals surface area contributed by atoms with Gasteiger partial charge in [0.25, 0.3) is 0 Å². The molecule has 0 amide bonds. The van der Waals surface area contributed by atoms with E-state index in [1.54, 1.807) is 0 Å². The molecule has 2 aliphatic rings. The average Bonchev–Trinajstić information content (AvgIpc) is 3.13. The average molecular weight is 240 g/mol. The minimum Gasteiger partial charge on any atom is -0.377 e. The van der Waals surface area contributed by atoms with Crippen molar-refractivity contribution >= 4 is 0 Å². The highest BCUT2D eigenvalue weighted by Gasteiger charge is 2.32. The Morgan fingerprint density at radius 2 is 2.24 bits per heavy atom. The van der Waals surface area contributed by atoms with E-state index in [2.05, 4.69) is 24.1 Å². The summed E-state index contributed by atoms with van der Waals surface area (Å²) in [6.45, 7) is 8.11. The van der Waals surface area contributed by atoms with Gasteiger partial charge >= 0.3 is 0 Å². The fourth-order valence-corrected chi connectivity index (χ4v) is 2.75. The van der Waals surface area contributed by atoms with Gasteiger partial charge in [0.1, 0.15) is 0 Å². The lowest BCUT2D eigenvalue weighted by atomic mass is 9.93. The molecule has 0 bridgehead atoms. The molecule has 0 aromatic heterocycles. The Balaban J connectivity index is 1.71. The zero-order chi connectivity index (χ0) is 12.3. The summed E-state index contributed by atoms with van der Waals surface area (Å²) < 4.78 is 5.65. The molecular formula is C14H28N2O. The molecule has 1 N–H and O–H groups in total. The van der Waals surface area contributed by atoms with Gasteiger partial charge in [-0.2, -0.15) is 0 Å². The molecule has 0 spiro atoms. The summed E-state index contributed by atoms with van der Waals surface area (Å²) in [6.07, 6.45) is 6.51. The minimum atomic E-state index is 0.0798. The van der Waals surface area contributed by atoms with Gasteiger partial charge in [0.15, 0.2) is 0 Å². The van der Waals surface area contributed by atoms with Crippen LogP contribution >= 0.6 is 0 Å². The van der Waals surface area contributed by atoms with E-state index < -0.39 is 0 Å². The van der Waals surface area contributed by atoms with E-state index in [0.29, 0.717) is 6.04 Å². The van der Waals surface area contributed by atoms with Gasteiger partial charge in [0.2, 0.25) is 0 Å². The van der Waals surface area contributed by atoms with Crippen molar-refractivity contribution in [2.45, 2.75) is 63.6 Å². The molecule has 2 atom stereocenters. The van der Waals surface area contributed by atoms with Gasteiger partial charge in [-0.05, 0) is 59.0 Å². The van der Waals surface area contributed by atoms with Crippen LogP contribution in [0.4, 0.5) is 0 Å². The molecule has 1 heterocycles. The summed E-state index contributed by atoms with van der Waals surface area (Å²) in [5.41, 5.74) is 0.0798. The monoisotopic (exact) mass is 240 g/mol. The van der Waals surface area contributed by atoms with Gasteiger partial charge in [-0.1, -0.05) is 0 Å². The fourth-order valence-electron chi connectivity index (χ4n) is 2.75. The molecule has 1 saturated heterocycles. The van der Waals surface area contributed by atoms with E-state index in [9.17, 15) is 0 Å². The number of ether oxygens (including phenoxy) is 1.